The number of sulfonamides is 1. The molecule has 0 heterocycles. The minimum Gasteiger partial charge on any atom is -0.382 e. The fourth-order valence-corrected chi connectivity index (χ4v) is 4.44. The Bertz CT molecular complexity index is 597. The molecule has 2 aliphatic carbocycles. The highest BCUT2D eigenvalue weighted by molar-refractivity contribution is 7.89. The molecule has 0 aliphatic heterocycles. The second kappa shape index (κ2) is 4.49. The molecule has 2 fully saturated rings. The average molecular weight is 280 g/mol. The summed E-state index contributed by atoms with van der Waals surface area (Å²) in [6.45, 7) is 1.76. The molecule has 0 radical (unpaired) electrons. The second-order valence-electron chi connectivity index (χ2n) is 5.95. The molecule has 19 heavy (non-hydrogen) atoms. The molecule has 5 heteroatoms. The summed E-state index contributed by atoms with van der Waals surface area (Å²) in [6, 6.07) is 5.91. The summed E-state index contributed by atoms with van der Waals surface area (Å²) in [6.07, 6.45) is 5.20. The van der Waals surface area contributed by atoms with E-state index in [1.807, 2.05) is 12.1 Å². The van der Waals surface area contributed by atoms with Crippen LogP contribution >= 0.6 is 0 Å². The first kappa shape index (κ1) is 12.9. The Hall–Kier alpha value is -1.07. The van der Waals surface area contributed by atoms with Crippen LogP contribution in [0.5, 0.6) is 0 Å². The van der Waals surface area contributed by atoms with Gasteiger partial charge in [0.15, 0.2) is 0 Å². The third-order valence-corrected chi connectivity index (χ3v) is 5.64. The Kier molecular flexibility index (Phi) is 3.06. The van der Waals surface area contributed by atoms with E-state index in [1.54, 1.807) is 13.0 Å². The lowest BCUT2D eigenvalue weighted by Crippen LogP contribution is -2.26. The zero-order valence-electron chi connectivity index (χ0n) is 11.1. The van der Waals surface area contributed by atoms with Crippen LogP contribution in [0.25, 0.3) is 0 Å². The Morgan fingerprint density at radius 1 is 1.26 bits per heavy atom. The minimum absolute atomic E-state index is 0.223. The molecule has 2 bridgehead atoms. The van der Waals surface area contributed by atoms with Crippen molar-refractivity contribution in [2.24, 2.45) is 17.0 Å². The SMILES string of the molecule is Cc1ccc(NC2CC3CCC2C3)cc1S(N)(=O)=O. The van der Waals surface area contributed by atoms with Gasteiger partial charge in [0, 0.05) is 11.7 Å². The zero-order chi connectivity index (χ0) is 13.6. The third kappa shape index (κ3) is 2.49. The first-order valence-electron chi connectivity index (χ1n) is 6.83. The Morgan fingerprint density at radius 2 is 2.05 bits per heavy atom. The Morgan fingerprint density at radius 3 is 2.63 bits per heavy atom. The van der Waals surface area contributed by atoms with Crippen molar-refractivity contribution in [2.45, 2.75) is 43.5 Å². The first-order valence-corrected chi connectivity index (χ1v) is 8.38. The van der Waals surface area contributed by atoms with Crippen LogP contribution < -0.4 is 10.5 Å². The molecule has 1 aromatic rings. The van der Waals surface area contributed by atoms with Crippen molar-refractivity contribution in [3.63, 3.8) is 0 Å². The number of hydrogen-bond acceptors (Lipinski definition) is 3. The molecular formula is C14H20N2O2S. The lowest BCUT2D eigenvalue weighted by molar-refractivity contribution is 0.439. The van der Waals surface area contributed by atoms with Crippen LogP contribution in [0.2, 0.25) is 0 Å². The molecule has 3 unspecified atom stereocenters. The quantitative estimate of drug-likeness (QED) is 0.892. The lowest BCUT2D eigenvalue weighted by atomic mass is 9.95. The fourth-order valence-electron chi connectivity index (χ4n) is 3.63. The van der Waals surface area contributed by atoms with Gasteiger partial charge in [-0.05, 0) is 55.7 Å². The van der Waals surface area contributed by atoms with E-state index in [0.29, 0.717) is 11.6 Å². The van der Waals surface area contributed by atoms with Gasteiger partial charge in [-0.25, -0.2) is 13.6 Å². The van der Waals surface area contributed by atoms with Gasteiger partial charge in [0.2, 0.25) is 10.0 Å². The number of fused-ring (bicyclic) bond motifs is 2. The number of aryl methyl sites for hydroxylation is 1. The van der Waals surface area contributed by atoms with Gasteiger partial charge in [-0.15, -0.1) is 0 Å². The fraction of sp³-hybridized carbons (Fsp3) is 0.571. The second-order valence-corrected chi connectivity index (χ2v) is 7.48. The van der Waals surface area contributed by atoms with Gasteiger partial charge in [0.05, 0.1) is 4.90 Å². The molecule has 4 nitrogen and oxygen atoms in total. The van der Waals surface area contributed by atoms with Crippen molar-refractivity contribution in [1.82, 2.24) is 0 Å². The van der Waals surface area contributed by atoms with Crippen LogP contribution in [0.3, 0.4) is 0 Å². The number of hydrogen-bond donors (Lipinski definition) is 2. The van der Waals surface area contributed by atoms with Gasteiger partial charge < -0.3 is 5.32 Å². The van der Waals surface area contributed by atoms with Gasteiger partial charge in [-0.2, -0.15) is 0 Å². The molecule has 1 aromatic carbocycles. The number of nitrogens with one attached hydrogen (secondary N) is 1. The van der Waals surface area contributed by atoms with Crippen LogP contribution in [0, 0.1) is 18.8 Å². The summed E-state index contributed by atoms with van der Waals surface area (Å²) in [5.74, 6) is 1.62. The lowest BCUT2D eigenvalue weighted by Gasteiger charge is -2.24. The predicted octanol–water partition coefficient (Wildman–Crippen LogP) is 2.24. The highest BCUT2D eigenvalue weighted by Crippen LogP contribution is 2.45. The summed E-state index contributed by atoms with van der Waals surface area (Å²) >= 11 is 0. The van der Waals surface area contributed by atoms with Crippen molar-refractivity contribution in [2.75, 3.05) is 5.32 Å². The highest BCUT2D eigenvalue weighted by Gasteiger charge is 2.39. The normalized spacial score (nSPS) is 29.7. The van der Waals surface area contributed by atoms with Crippen molar-refractivity contribution in [3.8, 4) is 0 Å². The largest absolute Gasteiger partial charge is 0.382 e. The maximum atomic E-state index is 11.5. The molecule has 3 atom stereocenters. The van der Waals surface area contributed by atoms with Crippen LogP contribution in [-0.2, 0) is 10.0 Å². The molecular weight excluding hydrogens is 260 g/mol. The third-order valence-electron chi connectivity index (χ3n) is 4.58. The summed E-state index contributed by atoms with van der Waals surface area (Å²) in [4.78, 5) is 0.223. The highest BCUT2D eigenvalue weighted by atomic mass is 32.2. The van der Waals surface area contributed by atoms with E-state index in [1.165, 1.54) is 25.7 Å². The number of nitrogens with two attached hydrogens (primary N) is 1. The van der Waals surface area contributed by atoms with Gasteiger partial charge in [-0.3, -0.25) is 0 Å². The van der Waals surface area contributed by atoms with Crippen molar-refractivity contribution in [3.05, 3.63) is 23.8 Å². The van der Waals surface area contributed by atoms with E-state index in [9.17, 15) is 8.42 Å². The molecule has 0 spiro atoms. The van der Waals surface area contributed by atoms with Crippen LogP contribution in [0.15, 0.2) is 23.1 Å². The minimum atomic E-state index is -3.64. The maximum Gasteiger partial charge on any atom is 0.238 e. The smallest absolute Gasteiger partial charge is 0.238 e. The molecule has 2 saturated carbocycles. The topological polar surface area (TPSA) is 72.2 Å². The standard InChI is InChI=1S/C14H20N2O2S/c1-9-2-5-12(8-14(9)19(15,17)18)16-13-7-10-3-4-11(13)6-10/h2,5,8,10-11,13,16H,3-4,6-7H2,1H3,(H2,15,17,18). The summed E-state index contributed by atoms with van der Waals surface area (Å²) in [5, 5.41) is 8.73. The zero-order valence-corrected chi connectivity index (χ0v) is 11.9. The average Bonchev–Trinajstić information content (AvgIpc) is 2.92. The number of anilines is 1. The van der Waals surface area contributed by atoms with Crippen molar-refractivity contribution in [1.29, 1.82) is 0 Å². The van der Waals surface area contributed by atoms with Crippen LogP contribution in [0.4, 0.5) is 5.69 Å². The molecule has 0 aromatic heterocycles. The van der Waals surface area contributed by atoms with Crippen molar-refractivity contribution >= 4 is 15.7 Å². The molecule has 104 valence electrons. The van der Waals surface area contributed by atoms with E-state index in [2.05, 4.69) is 5.32 Å². The van der Waals surface area contributed by atoms with E-state index in [0.717, 1.165) is 17.5 Å². The Balaban J connectivity index is 1.82. The molecule has 0 saturated heterocycles. The van der Waals surface area contributed by atoms with Crippen molar-refractivity contribution < 1.29 is 8.42 Å². The predicted molar refractivity (Wildman–Crippen MR) is 75.4 cm³/mol. The molecule has 2 aliphatic rings. The molecule has 3 rings (SSSR count). The maximum absolute atomic E-state index is 11.5. The van der Waals surface area contributed by atoms with Gasteiger partial charge in [-0.1, -0.05) is 12.5 Å². The summed E-state index contributed by atoms with van der Waals surface area (Å²) < 4.78 is 23.0. The van der Waals surface area contributed by atoms with Gasteiger partial charge in [0.25, 0.3) is 0 Å². The monoisotopic (exact) mass is 280 g/mol. The summed E-state index contributed by atoms with van der Waals surface area (Å²) in [7, 11) is -3.64. The molecule has 3 N–H and O–H groups in total. The van der Waals surface area contributed by atoms with E-state index in [4.69, 9.17) is 5.14 Å². The molecule has 0 amide bonds. The first-order chi connectivity index (χ1) is 8.93. The van der Waals surface area contributed by atoms with E-state index < -0.39 is 10.0 Å². The number of rotatable bonds is 3. The van der Waals surface area contributed by atoms with Gasteiger partial charge in [0.1, 0.15) is 0 Å². The van der Waals surface area contributed by atoms with E-state index in [-0.39, 0.29) is 4.90 Å². The number of benzene rings is 1. The number of primary sulfonamides is 1. The van der Waals surface area contributed by atoms with Crippen LogP contribution in [-0.4, -0.2) is 14.5 Å². The van der Waals surface area contributed by atoms with Gasteiger partial charge >= 0.3 is 0 Å². The van der Waals surface area contributed by atoms with Crippen LogP contribution in [0.1, 0.15) is 31.2 Å². The Labute approximate surface area is 114 Å². The van der Waals surface area contributed by atoms with E-state index >= 15 is 0 Å². The summed E-state index contributed by atoms with van der Waals surface area (Å²) in [5.41, 5.74) is 1.56.